The highest BCUT2D eigenvalue weighted by Gasteiger charge is 2.26. The van der Waals surface area contributed by atoms with Crippen LogP contribution in [0.15, 0.2) is 30.5 Å². The fourth-order valence-corrected chi connectivity index (χ4v) is 2.10. The highest BCUT2D eigenvalue weighted by atomic mass is 19.3. The molecule has 0 atom stereocenters. The zero-order chi connectivity index (χ0) is 19.2. The van der Waals surface area contributed by atoms with E-state index in [-0.39, 0.29) is 24.5 Å². The summed E-state index contributed by atoms with van der Waals surface area (Å²) in [4.78, 5) is 19.1. The molecular formula is C17H20F2N4O3. The van der Waals surface area contributed by atoms with E-state index in [0.717, 1.165) is 6.92 Å². The number of anilines is 2. The van der Waals surface area contributed by atoms with Crippen LogP contribution >= 0.6 is 0 Å². The van der Waals surface area contributed by atoms with Crippen LogP contribution in [0.3, 0.4) is 0 Å². The molecular weight excluding hydrogens is 346 g/mol. The van der Waals surface area contributed by atoms with Crippen molar-refractivity contribution < 1.29 is 23.0 Å². The molecule has 0 aliphatic heterocycles. The van der Waals surface area contributed by atoms with Gasteiger partial charge in [0, 0.05) is 14.0 Å². The average Bonchev–Trinajstić information content (AvgIpc) is 2.56. The van der Waals surface area contributed by atoms with Crippen LogP contribution in [0, 0.1) is 0 Å². The molecule has 3 N–H and O–H groups in total. The monoisotopic (exact) mass is 366 g/mol. The SMILES string of the molecule is COCCOc1cnc(CC(N)=O)cc1Nc1cccc(C(C)(F)F)n1. The van der Waals surface area contributed by atoms with Crippen LogP contribution in [0.25, 0.3) is 0 Å². The van der Waals surface area contributed by atoms with Gasteiger partial charge in [-0.1, -0.05) is 6.07 Å². The summed E-state index contributed by atoms with van der Waals surface area (Å²) in [5, 5.41) is 2.92. The fourth-order valence-electron chi connectivity index (χ4n) is 2.10. The first kappa shape index (κ1) is 19.5. The van der Waals surface area contributed by atoms with Crippen molar-refractivity contribution in [2.24, 2.45) is 5.73 Å². The molecule has 0 spiro atoms. The Morgan fingerprint density at radius 2 is 2.12 bits per heavy atom. The second kappa shape index (κ2) is 8.52. The Hall–Kier alpha value is -2.81. The lowest BCUT2D eigenvalue weighted by molar-refractivity contribution is -0.117. The maximum atomic E-state index is 13.5. The molecule has 9 heteroatoms. The molecule has 0 aromatic carbocycles. The van der Waals surface area contributed by atoms with Gasteiger partial charge in [-0.3, -0.25) is 9.78 Å². The van der Waals surface area contributed by atoms with Crippen molar-refractivity contribution in [1.82, 2.24) is 9.97 Å². The van der Waals surface area contributed by atoms with E-state index in [1.807, 2.05) is 0 Å². The normalized spacial score (nSPS) is 11.2. The number of ether oxygens (including phenoxy) is 2. The summed E-state index contributed by atoms with van der Waals surface area (Å²) in [6, 6.07) is 5.82. The molecule has 2 aromatic rings. The Kier molecular flexibility index (Phi) is 6.40. The molecule has 0 fully saturated rings. The molecule has 2 rings (SSSR count). The van der Waals surface area contributed by atoms with Crippen molar-refractivity contribution in [3.63, 3.8) is 0 Å². The first-order chi connectivity index (χ1) is 12.3. The number of amides is 1. The molecule has 0 unspecified atom stereocenters. The zero-order valence-corrected chi connectivity index (χ0v) is 14.5. The van der Waals surface area contributed by atoms with Crippen molar-refractivity contribution in [1.29, 1.82) is 0 Å². The number of hydrogen-bond donors (Lipinski definition) is 2. The molecule has 26 heavy (non-hydrogen) atoms. The van der Waals surface area contributed by atoms with Crippen LogP contribution in [0.5, 0.6) is 5.75 Å². The molecule has 7 nitrogen and oxygen atoms in total. The number of nitrogens with one attached hydrogen (secondary N) is 1. The summed E-state index contributed by atoms with van der Waals surface area (Å²) in [6.07, 6.45) is 1.36. The number of carbonyl (C=O) groups is 1. The smallest absolute Gasteiger partial charge is 0.287 e. The van der Waals surface area contributed by atoms with Crippen LogP contribution in [-0.4, -0.2) is 36.2 Å². The maximum absolute atomic E-state index is 13.5. The highest BCUT2D eigenvalue weighted by molar-refractivity contribution is 5.77. The van der Waals surface area contributed by atoms with Crippen molar-refractivity contribution in [2.45, 2.75) is 19.3 Å². The summed E-state index contributed by atoms with van der Waals surface area (Å²) in [5.41, 5.74) is 5.66. The van der Waals surface area contributed by atoms with E-state index in [4.69, 9.17) is 15.2 Å². The lowest BCUT2D eigenvalue weighted by Gasteiger charge is -2.15. The number of pyridine rings is 2. The number of nitrogens with two attached hydrogens (primary N) is 1. The first-order valence-electron chi connectivity index (χ1n) is 7.81. The van der Waals surface area contributed by atoms with E-state index in [2.05, 4.69) is 15.3 Å². The third-order valence-corrected chi connectivity index (χ3v) is 3.29. The molecule has 2 aromatic heterocycles. The number of hydrogen-bond acceptors (Lipinski definition) is 6. The minimum absolute atomic E-state index is 0.0620. The number of primary amides is 1. The van der Waals surface area contributed by atoms with Gasteiger partial charge in [-0.15, -0.1) is 0 Å². The topological polar surface area (TPSA) is 99.4 Å². The van der Waals surface area contributed by atoms with Gasteiger partial charge >= 0.3 is 0 Å². The Labute approximate surface area is 149 Å². The molecule has 0 radical (unpaired) electrons. The van der Waals surface area contributed by atoms with Gasteiger partial charge in [0.1, 0.15) is 18.1 Å². The number of halogens is 2. The standard InChI is InChI=1S/C17H20F2N4O3/c1-17(18,19)14-4-3-5-16(23-14)22-12-8-11(9-15(20)24)21-10-13(12)26-7-6-25-2/h3-5,8,10H,6-7,9H2,1-2H3,(H2,20,24)(H,21,22,23). The number of methoxy groups -OCH3 is 1. The van der Waals surface area contributed by atoms with E-state index in [1.165, 1.54) is 25.4 Å². The largest absolute Gasteiger partial charge is 0.487 e. The highest BCUT2D eigenvalue weighted by Crippen LogP contribution is 2.30. The van der Waals surface area contributed by atoms with Gasteiger partial charge < -0.3 is 20.5 Å². The summed E-state index contributed by atoms with van der Waals surface area (Å²) < 4.78 is 37.4. The Bertz CT molecular complexity index is 766. The Balaban J connectivity index is 2.30. The van der Waals surface area contributed by atoms with E-state index < -0.39 is 11.8 Å². The van der Waals surface area contributed by atoms with Crippen LogP contribution in [0.4, 0.5) is 20.3 Å². The average molecular weight is 366 g/mol. The zero-order valence-electron chi connectivity index (χ0n) is 14.5. The Morgan fingerprint density at radius 1 is 1.35 bits per heavy atom. The number of rotatable bonds is 9. The number of nitrogens with zero attached hydrogens (tertiary/aromatic N) is 2. The van der Waals surface area contributed by atoms with Crippen molar-refractivity contribution >= 4 is 17.4 Å². The number of alkyl halides is 2. The Morgan fingerprint density at radius 3 is 2.77 bits per heavy atom. The molecule has 2 heterocycles. The predicted molar refractivity (Wildman–Crippen MR) is 91.6 cm³/mol. The second-order valence-electron chi connectivity index (χ2n) is 5.58. The van der Waals surface area contributed by atoms with Crippen LogP contribution in [-0.2, 0) is 21.9 Å². The predicted octanol–water partition coefficient (Wildman–Crippen LogP) is 2.38. The fraction of sp³-hybridized carbons (Fsp3) is 0.353. The van der Waals surface area contributed by atoms with Crippen LogP contribution in [0.1, 0.15) is 18.3 Å². The summed E-state index contributed by atoms with van der Waals surface area (Å²) in [6.45, 7) is 1.40. The minimum Gasteiger partial charge on any atom is -0.487 e. The second-order valence-corrected chi connectivity index (χ2v) is 5.58. The van der Waals surface area contributed by atoms with E-state index in [0.29, 0.717) is 23.7 Å². The van der Waals surface area contributed by atoms with Gasteiger partial charge in [-0.2, -0.15) is 8.78 Å². The van der Waals surface area contributed by atoms with Gasteiger partial charge in [0.15, 0.2) is 5.75 Å². The van der Waals surface area contributed by atoms with E-state index in [1.54, 1.807) is 12.1 Å². The third kappa shape index (κ3) is 5.62. The quantitative estimate of drug-likeness (QED) is 0.661. The first-order valence-corrected chi connectivity index (χ1v) is 7.81. The van der Waals surface area contributed by atoms with Gasteiger partial charge in [-0.25, -0.2) is 4.98 Å². The summed E-state index contributed by atoms with van der Waals surface area (Å²) in [7, 11) is 1.54. The molecule has 0 saturated carbocycles. The lowest BCUT2D eigenvalue weighted by atomic mass is 10.2. The van der Waals surface area contributed by atoms with Gasteiger partial charge in [0.05, 0.1) is 30.6 Å². The molecule has 0 bridgehead atoms. The molecule has 0 saturated heterocycles. The van der Waals surface area contributed by atoms with Crippen molar-refractivity contribution in [3.8, 4) is 5.75 Å². The van der Waals surface area contributed by atoms with Crippen LogP contribution in [0.2, 0.25) is 0 Å². The van der Waals surface area contributed by atoms with E-state index in [9.17, 15) is 13.6 Å². The van der Waals surface area contributed by atoms with Crippen LogP contribution < -0.4 is 15.8 Å². The molecule has 140 valence electrons. The van der Waals surface area contributed by atoms with Gasteiger partial charge in [0.2, 0.25) is 5.91 Å². The van der Waals surface area contributed by atoms with Crippen molar-refractivity contribution in [2.75, 3.05) is 25.6 Å². The molecule has 1 amide bonds. The minimum atomic E-state index is -3.06. The summed E-state index contributed by atoms with van der Waals surface area (Å²) in [5.74, 6) is -3.03. The molecule has 0 aliphatic rings. The molecule has 0 aliphatic carbocycles. The van der Waals surface area contributed by atoms with Gasteiger partial charge in [-0.05, 0) is 18.2 Å². The van der Waals surface area contributed by atoms with E-state index >= 15 is 0 Å². The number of aromatic nitrogens is 2. The maximum Gasteiger partial charge on any atom is 0.287 e. The summed E-state index contributed by atoms with van der Waals surface area (Å²) >= 11 is 0. The third-order valence-electron chi connectivity index (χ3n) is 3.29. The van der Waals surface area contributed by atoms with Crippen molar-refractivity contribution in [3.05, 3.63) is 41.9 Å². The lowest BCUT2D eigenvalue weighted by Crippen LogP contribution is -2.15. The van der Waals surface area contributed by atoms with Gasteiger partial charge in [0.25, 0.3) is 5.92 Å². The number of carbonyl (C=O) groups excluding carboxylic acids is 1.